The van der Waals surface area contributed by atoms with Crippen LogP contribution in [0.5, 0.6) is 0 Å². The number of hydrogen-bond acceptors (Lipinski definition) is 3. The molecule has 0 aromatic rings. The summed E-state index contributed by atoms with van der Waals surface area (Å²) in [6.45, 7) is 1.30. The van der Waals surface area contributed by atoms with E-state index in [2.05, 4.69) is 4.74 Å². The molecule has 3 nitrogen and oxygen atoms in total. The van der Waals surface area contributed by atoms with Crippen LogP contribution in [0.15, 0.2) is 11.6 Å². The van der Waals surface area contributed by atoms with E-state index in [-0.39, 0.29) is 5.97 Å². The first-order valence-corrected chi connectivity index (χ1v) is 3.18. The van der Waals surface area contributed by atoms with E-state index in [1.807, 2.05) is 0 Å². The van der Waals surface area contributed by atoms with Crippen LogP contribution in [0.25, 0.3) is 0 Å². The van der Waals surface area contributed by atoms with Gasteiger partial charge >= 0.3 is 5.97 Å². The van der Waals surface area contributed by atoms with Gasteiger partial charge < -0.3 is 9.47 Å². The van der Waals surface area contributed by atoms with Crippen LogP contribution in [-0.2, 0) is 14.3 Å². The number of ether oxygens (including phenoxy) is 2. The first kappa shape index (κ1) is 7.28. The average Bonchev–Trinajstić information content (AvgIpc) is 2.40. The monoisotopic (exact) mass is 142 g/mol. The van der Waals surface area contributed by atoms with Crippen LogP contribution < -0.4 is 0 Å². The molecule has 0 radical (unpaired) electrons. The maximum atomic E-state index is 10.6. The molecule has 0 atom stereocenters. The quantitative estimate of drug-likeness (QED) is 0.395. The first-order valence-electron chi connectivity index (χ1n) is 3.18. The highest BCUT2D eigenvalue weighted by Gasteiger charge is 2.08. The summed E-state index contributed by atoms with van der Waals surface area (Å²) in [5.41, 5.74) is 1.02. The third-order valence-electron chi connectivity index (χ3n) is 1.38. The Morgan fingerprint density at radius 2 is 2.60 bits per heavy atom. The molecule has 0 N–H and O–H groups in total. The van der Waals surface area contributed by atoms with E-state index in [0.29, 0.717) is 6.61 Å². The Hall–Kier alpha value is -0.830. The summed E-state index contributed by atoms with van der Waals surface area (Å²) in [5.74, 6) is -0.291. The Kier molecular flexibility index (Phi) is 2.45. The van der Waals surface area contributed by atoms with Crippen molar-refractivity contribution in [1.29, 1.82) is 0 Å². The number of methoxy groups -OCH3 is 1. The van der Waals surface area contributed by atoms with Crippen LogP contribution in [0, 0.1) is 0 Å². The van der Waals surface area contributed by atoms with Gasteiger partial charge in [-0.1, -0.05) is 0 Å². The summed E-state index contributed by atoms with van der Waals surface area (Å²) >= 11 is 0. The predicted octanol–water partition coefficient (Wildman–Crippen LogP) is 0.506. The highest BCUT2D eigenvalue weighted by atomic mass is 16.5. The topological polar surface area (TPSA) is 35.5 Å². The van der Waals surface area contributed by atoms with Crippen molar-refractivity contribution in [2.45, 2.75) is 6.42 Å². The number of esters is 1. The standard InChI is InChI=1S/C7H10O3/c1-9-7(8)4-6-2-3-10-5-6/h4H,2-3,5H2,1H3. The predicted molar refractivity (Wildman–Crippen MR) is 35.5 cm³/mol. The Morgan fingerprint density at radius 3 is 3.10 bits per heavy atom. The lowest BCUT2D eigenvalue weighted by molar-refractivity contribution is -0.134. The first-order chi connectivity index (χ1) is 4.83. The summed E-state index contributed by atoms with van der Waals surface area (Å²) in [4.78, 5) is 10.6. The zero-order valence-electron chi connectivity index (χ0n) is 5.92. The number of hydrogen-bond donors (Lipinski definition) is 0. The van der Waals surface area contributed by atoms with Crippen LogP contribution in [0.4, 0.5) is 0 Å². The molecule has 1 fully saturated rings. The van der Waals surface area contributed by atoms with E-state index in [1.165, 1.54) is 13.2 Å². The largest absolute Gasteiger partial charge is 0.466 e. The third-order valence-corrected chi connectivity index (χ3v) is 1.38. The van der Waals surface area contributed by atoms with Gasteiger partial charge in [0, 0.05) is 6.08 Å². The van der Waals surface area contributed by atoms with Crippen LogP contribution in [0.1, 0.15) is 6.42 Å². The van der Waals surface area contributed by atoms with Crippen molar-refractivity contribution in [2.75, 3.05) is 20.3 Å². The fourth-order valence-corrected chi connectivity index (χ4v) is 0.818. The van der Waals surface area contributed by atoms with Crippen molar-refractivity contribution in [1.82, 2.24) is 0 Å². The summed E-state index contributed by atoms with van der Waals surface area (Å²) in [6, 6.07) is 0. The van der Waals surface area contributed by atoms with Crippen molar-refractivity contribution in [3.05, 3.63) is 11.6 Å². The maximum Gasteiger partial charge on any atom is 0.330 e. The van der Waals surface area contributed by atoms with E-state index >= 15 is 0 Å². The van der Waals surface area contributed by atoms with Gasteiger partial charge in [0.1, 0.15) is 0 Å². The molecule has 1 aliphatic rings. The molecule has 3 heteroatoms. The molecule has 0 bridgehead atoms. The molecule has 1 aliphatic heterocycles. The number of carbonyl (C=O) groups is 1. The maximum absolute atomic E-state index is 10.6. The van der Waals surface area contributed by atoms with Crippen LogP contribution >= 0.6 is 0 Å². The van der Waals surface area contributed by atoms with Gasteiger partial charge in [-0.25, -0.2) is 4.79 Å². The molecule has 1 rings (SSSR count). The summed E-state index contributed by atoms with van der Waals surface area (Å²) in [7, 11) is 1.37. The molecule has 10 heavy (non-hydrogen) atoms. The van der Waals surface area contributed by atoms with Gasteiger partial charge in [-0.05, 0) is 12.0 Å². The van der Waals surface area contributed by atoms with Gasteiger partial charge in [-0.2, -0.15) is 0 Å². The number of carbonyl (C=O) groups excluding carboxylic acids is 1. The lowest BCUT2D eigenvalue weighted by Gasteiger charge is -1.92. The molecule has 0 spiro atoms. The molecule has 0 unspecified atom stereocenters. The van der Waals surface area contributed by atoms with Gasteiger partial charge in [0.25, 0.3) is 0 Å². The van der Waals surface area contributed by atoms with Crippen LogP contribution in [0.2, 0.25) is 0 Å². The van der Waals surface area contributed by atoms with Gasteiger partial charge in [0.15, 0.2) is 0 Å². The second kappa shape index (κ2) is 3.37. The lowest BCUT2D eigenvalue weighted by Crippen LogP contribution is -1.96. The second-order valence-electron chi connectivity index (χ2n) is 2.13. The minimum atomic E-state index is -0.291. The van der Waals surface area contributed by atoms with Gasteiger partial charge in [-0.3, -0.25) is 0 Å². The minimum absolute atomic E-state index is 0.291. The highest BCUT2D eigenvalue weighted by Crippen LogP contribution is 2.09. The SMILES string of the molecule is COC(=O)C=C1CCOC1. The van der Waals surface area contributed by atoms with E-state index in [4.69, 9.17) is 4.74 Å². The van der Waals surface area contributed by atoms with Crippen molar-refractivity contribution in [3.63, 3.8) is 0 Å². The molecule has 0 amide bonds. The van der Waals surface area contributed by atoms with E-state index < -0.39 is 0 Å². The minimum Gasteiger partial charge on any atom is -0.466 e. The fraction of sp³-hybridized carbons (Fsp3) is 0.571. The Labute approximate surface area is 59.6 Å². The molecular formula is C7H10O3. The average molecular weight is 142 g/mol. The van der Waals surface area contributed by atoms with Gasteiger partial charge in [0.05, 0.1) is 20.3 Å². The zero-order chi connectivity index (χ0) is 7.40. The highest BCUT2D eigenvalue weighted by molar-refractivity contribution is 5.82. The number of rotatable bonds is 1. The van der Waals surface area contributed by atoms with Crippen LogP contribution in [0.3, 0.4) is 0 Å². The van der Waals surface area contributed by atoms with Crippen LogP contribution in [-0.4, -0.2) is 26.3 Å². The van der Waals surface area contributed by atoms with E-state index in [1.54, 1.807) is 0 Å². The molecule has 0 aliphatic carbocycles. The Morgan fingerprint density at radius 1 is 1.80 bits per heavy atom. The summed E-state index contributed by atoms with van der Waals surface area (Å²) in [6.07, 6.45) is 2.35. The third kappa shape index (κ3) is 1.84. The normalized spacial score (nSPS) is 21.5. The summed E-state index contributed by atoms with van der Waals surface area (Å²) < 4.78 is 9.47. The molecule has 56 valence electrons. The van der Waals surface area contributed by atoms with Crippen molar-refractivity contribution < 1.29 is 14.3 Å². The van der Waals surface area contributed by atoms with Gasteiger partial charge in [-0.15, -0.1) is 0 Å². The molecule has 0 saturated carbocycles. The Bertz CT molecular complexity index is 152. The molecule has 0 aromatic carbocycles. The molecule has 1 saturated heterocycles. The fourth-order valence-electron chi connectivity index (χ4n) is 0.818. The Balaban J connectivity index is 2.45. The molecule has 0 aromatic heterocycles. The smallest absolute Gasteiger partial charge is 0.330 e. The lowest BCUT2D eigenvalue weighted by atomic mass is 10.2. The molecular weight excluding hydrogens is 132 g/mol. The summed E-state index contributed by atoms with van der Waals surface area (Å²) in [5, 5.41) is 0. The van der Waals surface area contributed by atoms with Crippen molar-refractivity contribution >= 4 is 5.97 Å². The second-order valence-corrected chi connectivity index (χ2v) is 2.13. The van der Waals surface area contributed by atoms with Crippen molar-refractivity contribution in [3.8, 4) is 0 Å². The van der Waals surface area contributed by atoms with E-state index in [9.17, 15) is 4.79 Å². The zero-order valence-corrected chi connectivity index (χ0v) is 5.92. The molecule has 1 heterocycles. The van der Waals surface area contributed by atoms with Gasteiger partial charge in [0.2, 0.25) is 0 Å². The van der Waals surface area contributed by atoms with E-state index in [0.717, 1.165) is 18.6 Å². The van der Waals surface area contributed by atoms with Crippen molar-refractivity contribution in [2.24, 2.45) is 0 Å².